The van der Waals surface area contributed by atoms with Gasteiger partial charge in [0.2, 0.25) is 5.91 Å². The van der Waals surface area contributed by atoms with Gasteiger partial charge in [-0.1, -0.05) is 18.2 Å². The van der Waals surface area contributed by atoms with Gasteiger partial charge in [0.25, 0.3) is 0 Å². The fourth-order valence-electron chi connectivity index (χ4n) is 6.53. The molecule has 1 aromatic carbocycles. The van der Waals surface area contributed by atoms with Gasteiger partial charge in [0, 0.05) is 17.6 Å². The van der Waals surface area contributed by atoms with Crippen LogP contribution in [0.15, 0.2) is 24.3 Å². The van der Waals surface area contributed by atoms with Crippen LogP contribution in [0.3, 0.4) is 0 Å². The quantitative estimate of drug-likeness (QED) is 0.761. The van der Waals surface area contributed by atoms with E-state index in [2.05, 4.69) is 24.5 Å². The summed E-state index contributed by atoms with van der Waals surface area (Å²) in [5, 5.41) is 6.70. The molecule has 4 bridgehead atoms. The first-order chi connectivity index (χ1) is 13.0. The Morgan fingerprint density at radius 1 is 1.11 bits per heavy atom. The summed E-state index contributed by atoms with van der Waals surface area (Å²) in [5.41, 5.74) is 1.44. The molecule has 4 fully saturated rings. The minimum absolute atomic E-state index is 0.0711. The van der Waals surface area contributed by atoms with Crippen LogP contribution in [-0.2, 0) is 4.79 Å². The van der Waals surface area contributed by atoms with Crippen LogP contribution in [0.4, 0.5) is 0 Å². The summed E-state index contributed by atoms with van der Waals surface area (Å²) in [6, 6.07) is 8.33. The Morgan fingerprint density at radius 3 is 2.30 bits per heavy atom. The van der Waals surface area contributed by atoms with E-state index < -0.39 is 0 Å². The minimum Gasteiger partial charge on any atom is -0.496 e. The average Bonchev–Trinajstić information content (AvgIpc) is 2.65. The highest BCUT2D eigenvalue weighted by molar-refractivity contribution is 5.78. The molecule has 1 amide bonds. The number of amides is 1. The summed E-state index contributed by atoms with van der Waals surface area (Å²) in [4.78, 5) is 12.6. The summed E-state index contributed by atoms with van der Waals surface area (Å²) in [5.74, 6) is 3.72. The van der Waals surface area contributed by atoms with Crippen LogP contribution in [0.5, 0.6) is 5.75 Å². The Balaban J connectivity index is 1.32. The molecule has 0 radical (unpaired) electrons. The van der Waals surface area contributed by atoms with Crippen molar-refractivity contribution in [1.82, 2.24) is 10.6 Å². The maximum Gasteiger partial charge on any atom is 0.234 e. The van der Waals surface area contributed by atoms with Gasteiger partial charge in [0.05, 0.1) is 13.7 Å². The Kier molecular flexibility index (Phi) is 5.19. The number of rotatable bonds is 7. The molecule has 4 saturated carbocycles. The van der Waals surface area contributed by atoms with E-state index in [0.717, 1.165) is 29.1 Å². The largest absolute Gasteiger partial charge is 0.496 e. The topological polar surface area (TPSA) is 50.4 Å². The van der Waals surface area contributed by atoms with Crippen LogP contribution in [-0.4, -0.2) is 25.6 Å². The van der Waals surface area contributed by atoms with E-state index in [-0.39, 0.29) is 18.0 Å². The van der Waals surface area contributed by atoms with Crippen molar-refractivity contribution in [3.8, 4) is 5.75 Å². The van der Waals surface area contributed by atoms with Gasteiger partial charge >= 0.3 is 0 Å². The molecule has 0 saturated heterocycles. The Hall–Kier alpha value is -1.55. The monoisotopic (exact) mass is 370 g/mol. The van der Waals surface area contributed by atoms with Gasteiger partial charge in [-0.3, -0.25) is 4.79 Å². The molecule has 0 aliphatic heterocycles. The molecule has 4 aliphatic carbocycles. The molecule has 1 aromatic rings. The lowest BCUT2D eigenvalue weighted by Crippen LogP contribution is -2.56. The van der Waals surface area contributed by atoms with Crippen molar-refractivity contribution in [3.63, 3.8) is 0 Å². The van der Waals surface area contributed by atoms with Crippen LogP contribution in [0.1, 0.15) is 64.0 Å². The van der Waals surface area contributed by atoms with Gasteiger partial charge < -0.3 is 15.4 Å². The third kappa shape index (κ3) is 3.73. The standard InChI is InChI=1S/C23H34N2O2/c1-15(20-6-4-5-7-21(20)27-3)24-14-22(26)25-16(2)23-11-17-8-18(12-23)10-19(9-17)13-23/h4-7,15-19,24H,8-14H2,1-3H3,(H,25,26)/t15-,16-,17?,18?,19?,23?/m1/s1. The molecule has 0 spiro atoms. The van der Waals surface area contributed by atoms with E-state index in [9.17, 15) is 4.79 Å². The minimum atomic E-state index is 0.0711. The number of hydrogen-bond donors (Lipinski definition) is 2. The van der Waals surface area contributed by atoms with E-state index in [1.807, 2.05) is 24.3 Å². The van der Waals surface area contributed by atoms with E-state index in [1.54, 1.807) is 7.11 Å². The third-order valence-electron chi connectivity index (χ3n) is 7.56. The molecule has 2 N–H and O–H groups in total. The number of nitrogens with one attached hydrogen (secondary N) is 2. The average molecular weight is 371 g/mol. The first kappa shape index (κ1) is 18.8. The number of para-hydroxylation sites is 1. The summed E-state index contributed by atoms with van der Waals surface area (Å²) in [6.07, 6.45) is 8.30. The molecule has 27 heavy (non-hydrogen) atoms. The fraction of sp³-hybridized carbons (Fsp3) is 0.696. The maximum atomic E-state index is 12.6. The van der Waals surface area contributed by atoms with Crippen molar-refractivity contribution in [2.24, 2.45) is 23.2 Å². The Labute approximate surface area is 163 Å². The normalized spacial score (nSPS) is 33.5. The molecule has 4 heteroatoms. The van der Waals surface area contributed by atoms with E-state index in [0.29, 0.717) is 12.0 Å². The predicted octanol–water partition coefficient (Wildman–Crippen LogP) is 4.07. The summed E-state index contributed by atoms with van der Waals surface area (Å²) in [6.45, 7) is 4.66. The highest BCUT2D eigenvalue weighted by atomic mass is 16.5. The lowest BCUT2D eigenvalue weighted by Gasteiger charge is -2.59. The lowest BCUT2D eigenvalue weighted by atomic mass is 9.48. The zero-order valence-corrected chi connectivity index (χ0v) is 17.0. The Morgan fingerprint density at radius 2 is 1.70 bits per heavy atom. The van der Waals surface area contributed by atoms with E-state index >= 15 is 0 Å². The van der Waals surface area contributed by atoms with Gasteiger partial charge in [0.15, 0.2) is 0 Å². The first-order valence-corrected chi connectivity index (χ1v) is 10.6. The van der Waals surface area contributed by atoms with Gasteiger partial charge in [0.1, 0.15) is 5.75 Å². The number of carbonyl (C=O) groups is 1. The maximum absolute atomic E-state index is 12.6. The second-order valence-corrected chi connectivity index (χ2v) is 9.41. The van der Waals surface area contributed by atoms with Crippen molar-refractivity contribution in [2.75, 3.05) is 13.7 Å². The fourth-order valence-corrected chi connectivity index (χ4v) is 6.53. The molecule has 2 atom stereocenters. The molecule has 0 unspecified atom stereocenters. The highest BCUT2D eigenvalue weighted by Gasteiger charge is 2.53. The van der Waals surface area contributed by atoms with Crippen molar-refractivity contribution < 1.29 is 9.53 Å². The molecule has 0 heterocycles. The predicted molar refractivity (Wildman–Crippen MR) is 108 cm³/mol. The van der Waals surface area contributed by atoms with Crippen LogP contribution in [0.2, 0.25) is 0 Å². The number of hydrogen-bond acceptors (Lipinski definition) is 3. The van der Waals surface area contributed by atoms with E-state index in [1.165, 1.54) is 38.5 Å². The molecular formula is C23H34N2O2. The molecule has 0 aromatic heterocycles. The molecule has 148 valence electrons. The number of methoxy groups -OCH3 is 1. The number of benzene rings is 1. The molecular weight excluding hydrogens is 336 g/mol. The van der Waals surface area contributed by atoms with Gasteiger partial charge in [-0.15, -0.1) is 0 Å². The van der Waals surface area contributed by atoms with E-state index in [4.69, 9.17) is 4.74 Å². The smallest absolute Gasteiger partial charge is 0.234 e. The van der Waals surface area contributed by atoms with Gasteiger partial charge in [-0.2, -0.15) is 0 Å². The summed E-state index contributed by atoms with van der Waals surface area (Å²) < 4.78 is 5.44. The zero-order valence-electron chi connectivity index (χ0n) is 17.0. The van der Waals surface area contributed by atoms with Crippen LogP contribution >= 0.6 is 0 Å². The number of ether oxygens (including phenoxy) is 1. The van der Waals surface area contributed by atoms with Crippen molar-refractivity contribution >= 4 is 5.91 Å². The summed E-state index contributed by atoms with van der Waals surface area (Å²) >= 11 is 0. The van der Waals surface area contributed by atoms with Crippen molar-refractivity contribution in [3.05, 3.63) is 29.8 Å². The van der Waals surface area contributed by atoms with Crippen LogP contribution in [0.25, 0.3) is 0 Å². The van der Waals surface area contributed by atoms with Crippen molar-refractivity contribution in [1.29, 1.82) is 0 Å². The molecule has 4 nitrogen and oxygen atoms in total. The van der Waals surface area contributed by atoms with Gasteiger partial charge in [-0.05, 0) is 81.6 Å². The van der Waals surface area contributed by atoms with Gasteiger partial charge in [-0.25, -0.2) is 0 Å². The lowest BCUT2D eigenvalue weighted by molar-refractivity contribution is -0.125. The highest BCUT2D eigenvalue weighted by Crippen LogP contribution is 2.61. The third-order valence-corrected chi connectivity index (χ3v) is 7.56. The zero-order chi connectivity index (χ0) is 19.0. The molecule has 4 aliphatic rings. The van der Waals surface area contributed by atoms with Crippen LogP contribution in [0, 0.1) is 23.2 Å². The SMILES string of the molecule is COc1ccccc1[C@@H](C)NCC(=O)N[C@H](C)C12CC3CC(CC(C3)C1)C2. The summed E-state index contributed by atoms with van der Waals surface area (Å²) in [7, 11) is 1.69. The second-order valence-electron chi connectivity index (χ2n) is 9.41. The molecule has 5 rings (SSSR count). The second kappa shape index (κ2) is 7.46. The first-order valence-electron chi connectivity index (χ1n) is 10.6. The Bertz CT molecular complexity index is 651. The number of carbonyl (C=O) groups excluding carboxylic acids is 1. The van der Waals surface area contributed by atoms with Crippen molar-refractivity contribution in [2.45, 2.75) is 64.5 Å². The van der Waals surface area contributed by atoms with Crippen LogP contribution < -0.4 is 15.4 Å².